The van der Waals surface area contributed by atoms with Gasteiger partial charge >= 0.3 is 0 Å². The summed E-state index contributed by atoms with van der Waals surface area (Å²) in [5.74, 6) is 3.24. The highest BCUT2D eigenvalue weighted by Gasteiger charge is 2.27. The molecular formula is C15H16BrNO. The number of halogens is 1. The van der Waals surface area contributed by atoms with Crippen LogP contribution in [0.5, 0.6) is 0 Å². The van der Waals surface area contributed by atoms with Gasteiger partial charge in [-0.1, -0.05) is 17.6 Å². The molecular weight excluding hydrogens is 290 g/mol. The Bertz CT molecular complexity index is 500. The lowest BCUT2D eigenvalue weighted by molar-refractivity contribution is 0.0769. The predicted molar refractivity (Wildman–Crippen MR) is 76.3 cm³/mol. The van der Waals surface area contributed by atoms with E-state index in [2.05, 4.69) is 21.9 Å². The molecule has 1 aromatic rings. The molecule has 0 spiro atoms. The molecule has 1 fully saturated rings. The molecule has 1 aliphatic carbocycles. The van der Waals surface area contributed by atoms with Crippen LogP contribution in [0.3, 0.4) is 0 Å². The number of rotatable bonds is 4. The van der Waals surface area contributed by atoms with Gasteiger partial charge < -0.3 is 4.90 Å². The van der Waals surface area contributed by atoms with Crippen LogP contribution in [-0.4, -0.2) is 23.9 Å². The molecule has 0 aromatic heterocycles. The molecule has 0 heterocycles. The van der Waals surface area contributed by atoms with Crippen molar-refractivity contribution in [2.24, 2.45) is 5.92 Å². The summed E-state index contributed by atoms with van der Waals surface area (Å²) in [4.78, 5) is 14.2. The molecule has 0 saturated heterocycles. The monoisotopic (exact) mass is 305 g/mol. The van der Waals surface area contributed by atoms with Crippen LogP contribution in [0.2, 0.25) is 0 Å². The van der Waals surface area contributed by atoms with Gasteiger partial charge in [0.25, 0.3) is 5.91 Å². The second kappa shape index (κ2) is 5.58. The molecule has 18 heavy (non-hydrogen) atoms. The highest BCUT2D eigenvalue weighted by Crippen LogP contribution is 2.30. The van der Waals surface area contributed by atoms with Crippen molar-refractivity contribution in [2.45, 2.75) is 19.8 Å². The minimum absolute atomic E-state index is 0.0235. The Balaban J connectivity index is 2.20. The second-order valence-corrected chi connectivity index (χ2v) is 5.67. The molecule has 0 atom stereocenters. The number of hydrogen-bond acceptors (Lipinski definition) is 1. The highest BCUT2D eigenvalue weighted by atomic mass is 79.9. The summed E-state index contributed by atoms with van der Waals surface area (Å²) in [6.07, 6.45) is 7.78. The minimum atomic E-state index is 0.0235. The van der Waals surface area contributed by atoms with Gasteiger partial charge in [0.2, 0.25) is 0 Å². The van der Waals surface area contributed by atoms with Crippen molar-refractivity contribution in [1.82, 2.24) is 4.90 Å². The Kier molecular flexibility index (Phi) is 4.08. The van der Waals surface area contributed by atoms with Crippen LogP contribution in [0, 0.1) is 25.2 Å². The number of carbonyl (C=O) groups is 1. The van der Waals surface area contributed by atoms with Gasteiger partial charge in [-0.05, 0) is 53.7 Å². The lowest BCUT2D eigenvalue weighted by atomic mass is 10.1. The maximum Gasteiger partial charge on any atom is 0.255 e. The van der Waals surface area contributed by atoms with E-state index in [0.717, 1.165) is 16.6 Å². The fourth-order valence-electron chi connectivity index (χ4n) is 1.91. The number of hydrogen-bond donors (Lipinski definition) is 0. The van der Waals surface area contributed by atoms with Crippen LogP contribution in [-0.2, 0) is 0 Å². The first-order valence-corrected chi connectivity index (χ1v) is 6.90. The first-order chi connectivity index (χ1) is 8.61. The van der Waals surface area contributed by atoms with E-state index in [9.17, 15) is 4.79 Å². The van der Waals surface area contributed by atoms with Gasteiger partial charge in [-0.3, -0.25) is 4.79 Å². The summed E-state index contributed by atoms with van der Waals surface area (Å²) in [6, 6.07) is 5.80. The lowest BCUT2D eigenvalue weighted by Gasteiger charge is -2.21. The van der Waals surface area contributed by atoms with Crippen molar-refractivity contribution in [3.63, 3.8) is 0 Å². The number of carbonyl (C=O) groups excluding carboxylic acids is 1. The van der Waals surface area contributed by atoms with Gasteiger partial charge in [-0.25, -0.2) is 0 Å². The topological polar surface area (TPSA) is 20.3 Å². The van der Waals surface area contributed by atoms with Crippen molar-refractivity contribution in [1.29, 1.82) is 0 Å². The summed E-state index contributed by atoms with van der Waals surface area (Å²) in [5, 5.41) is 0. The number of terminal acetylenes is 1. The summed E-state index contributed by atoms with van der Waals surface area (Å²) >= 11 is 3.43. The normalized spacial score (nSPS) is 14.1. The van der Waals surface area contributed by atoms with Gasteiger partial charge in [0.15, 0.2) is 0 Å². The Morgan fingerprint density at radius 1 is 1.56 bits per heavy atom. The van der Waals surface area contributed by atoms with Crippen LogP contribution in [0.15, 0.2) is 22.7 Å². The molecule has 94 valence electrons. The quantitative estimate of drug-likeness (QED) is 0.782. The zero-order valence-electron chi connectivity index (χ0n) is 10.4. The molecule has 0 aliphatic heterocycles. The zero-order valence-corrected chi connectivity index (χ0v) is 12.0. The Morgan fingerprint density at radius 2 is 2.28 bits per heavy atom. The van der Waals surface area contributed by atoms with Gasteiger partial charge in [0.1, 0.15) is 0 Å². The van der Waals surface area contributed by atoms with Gasteiger partial charge in [-0.15, -0.1) is 6.42 Å². The molecule has 3 heteroatoms. The smallest absolute Gasteiger partial charge is 0.255 e. The zero-order chi connectivity index (χ0) is 13.1. The van der Waals surface area contributed by atoms with Crippen molar-refractivity contribution in [2.75, 3.05) is 13.1 Å². The van der Waals surface area contributed by atoms with Crippen LogP contribution in [0.4, 0.5) is 0 Å². The van der Waals surface area contributed by atoms with E-state index >= 15 is 0 Å². The first-order valence-electron chi connectivity index (χ1n) is 6.10. The average Bonchev–Trinajstić information content (AvgIpc) is 3.15. The van der Waals surface area contributed by atoms with Crippen LogP contribution in [0.1, 0.15) is 28.8 Å². The second-order valence-electron chi connectivity index (χ2n) is 4.82. The Labute approximate surface area is 116 Å². The summed E-state index contributed by atoms with van der Waals surface area (Å²) in [5.41, 5.74) is 1.78. The van der Waals surface area contributed by atoms with Crippen molar-refractivity contribution >= 4 is 21.8 Å². The van der Waals surface area contributed by atoms with Crippen LogP contribution in [0.25, 0.3) is 0 Å². The molecule has 1 aromatic carbocycles. The maximum absolute atomic E-state index is 12.5. The standard InChI is InChI=1S/C15H16BrNO/c1-3-8-17(10-12-5-6-12)15(18)13-9-11(2)4-7-14(13)16/h1,4,7,9,12H,5-6,8,10H2,2H3. The van der Waals surface area contributed by atoms with E-state index < -0.39 is 0 Å². The summed E-state index contributed by atoms with van der Waals surface area (Å²) in [6.45, 7) is 3.15. The van der Waals surface area contributed by atoms with Crippen LogP contribution >= 0.6 is 15.9 Å². The molecule has 1 aliphatic rings. The van der Waals surface area contributed by atoms with Gasteiger partial charge in [0.05, 0.1) is 12.1 Å². The SMILES string of the molecule is C#CCN(CC1CC1)C(=O)c1cc(C)ccc1Br. The van der Waals surface area contributed by atoms with Crippen LogP contribution < -0.4 is 0 Å². The minimum Gasteiger partial charge on any atom is -0.327 e. The van der Waals surface area contributed by atoms with E-state index in [1.165, 1.54) is 12.8 Å². The Morgan fingerprint density at radius 3 is 2.89 bits per heavy atom. The summed E-state index contributed by atoms with van der Waals surface area (Å²) in [7, 11) is 0. The number of amides is 1. The molecule has 0 unspecified atom stereocenters. The van der Waals surface area contributed by atoms with E-state index in [4.69, 9.17) is 6.42 Å². The average molecular weight is 306 g/mol. The number of benzene rings is 1. The van der Waals surface area contributed by atoms with Gasteiger partial charge in [-0.2, -0.15) is 0 Å². The third-order valence-electron chi connectivity index (χ3n) is 3.10. The van der Waals surface area contributed by atoms with E-state index in [0.29, 0.717) is 18.0 Å². The molecule has 0 N–H and O–H groups in total. The van der Waals surface area contributed by atoms with Crippen molar-refractivity contribution < 1.29 is 4.79 Å². The number of nitrogens with zero attached hydrogens (tertiary/aromatic N) is 1. The van der Waals surface area contributed by atoms with E-state index in [1.807, 2.05) is 25.1 Å². The molecule has 0 bridgehead atoms. The van der Waals surface area contributed by atoms with E-state index in [1.54, 1.807) is 4.90 Å². The predicted octanol–water partition coefficient (Wildman–Crippen LogP) is 3.24. The summed E-state index contributed by atoms with van der Waals surface area (Å²) < 4.78 is 0.830. The Hall–Kier alpha value is -1.27. The van der Waals surface area contributed by atoms with Crippen molar-refractivity contribution in [3.8, 4) is 12.3 Å². The third kappa shape index (κ3) is 3.14. The molecule has 2 rings (SSSR count). The first kappa shape index (κ1) is 13.2. The largest absolute Gasteiger partial charge is 0.327 e. The fourth-order valence-corrected chi connectivity index (χ4v) is 2.33. The molecule has 1 amide bonds. The lowest BCUT2D eigenvalue weighted by Crippen LogP contribution is -2.33. The molecule has 1 saturated carbocycles. The van der Waals surface area contributed by atoms with Crippen molar-refractivity contribution in [3.05, 3.63) is 33.8 Å². The molecule has 2 nitrogen and oxygen atoms in total. The third-order valence-corrected chi connectivity index (χ3v) is 3.79. The van der Waals surface area contributed by atoms with E-state index in [-0.39, 0.29) is 5.91 Å². The molecule has 0 radical (unpaired) electrons. The number of aryl methyl sites for hydroxylation is 1. The maximum atomic E-state index is 12.5. The fraction of sp³-hybridized carbons (Fsp3) is 0.400. The van der Waals surface area contributed by atoms with Gasteiger partial charge in [0, 0.05) is 11.0 Å². The highest BCUT2D eigenvalue weighted by molar-refractivity contribution is 9.10.